The molecule has 0 radical (unpaired) electrons. The van der Waals surface area contributed by atoms with Crippen molar-refractivity contribution in [1.82, 2.24) is 0 Å². The lowest BCUT2D eigenvalue weighted by Gasteiger charge is -2.16. The van der Waals surface area contributed by atoms with Gasteiger partial charge in [-0.15, -0.1) is 11.3 Å². The van der Waals surface area contributed by atoms with Gasteiger partial charge in [0.2, 0.25) is 0 Å². The topological polar surface area (TPSA) is 0 Å². The van der Waals surface area contributed by atoms with E-state index in [1.807, 2.05) is 0 Å². The van der Waals surface area contributed by atoms with Gasteiger partial charge in [-0.1, -0.05) is 97.1 Å². The third-order valence-electron chi connectivity index (χ3n) is 4.20. The molecule has 4 aromatic rings. The fraction of sp³-hybridized carbons (Fsp3) is 0. The molecular formula is C24H18S. The maximum atomic E-state index is 2.21. The van der Waals surface area contributed by atoms with Gasteiger partial charge >= 0.3 is 0 Å². The first-order chi connectivity index (χ1) is 12.4. The summed E-state index contributed by atoms with van der Waals surface area (Å²) in [5, 5.41) is 2.14. The minimum Gasteiger partial charge on any atom is -0.144 e. The van der Waals surface area contributed by atoms with Crippen LogP contribution in [0.5, 0.6) is 0 Å². The predicted octanol–water partition coefficient (Wildman–Crippen LogP) is 6.76. The Morgan fingerprint density at radius 3 is 1.28 bits per heavy atom. The van der Waals surface area contributed by atoms with Gasteiger partial charge in [0.25, 0.3) is 0 Å². The minimum absolute atomic E-state index is 1.24. The fourth-order valence-electron chi connectivity index (χ4n) is 3.10. The standard InChI is InChI=1S/C24H18S/c1-4-11-19(12-5-1)23(20-13-6-2-7-14-20)24(22-17-10-18-25-22)21-15-8-3-9-16-21/h1-18H. The average Bonchev–Trinajstić information content (AvgIpc) is 3.22. The fourth-order valence-corrected chi connectivity index (χ4v) is 3.90. The first-order valence-electron chi connectivity index (χ1n) is 8.38. The van der Waals surface area contributed by atoms with Crippen LogP contribution in [0, 0.1) is 0 Å². The lowest BCUT2D eigenvalue weighted by Crippen LogP contribution is -1.95. The third kappa shape index (κ3) is 3.33. The maximum Gasteiger partial charge on any atom is 0.0355 e. The van der Waals surface area contributed by atoms with Crippen LogP contribution < -0.4 is 0 Å². The van der Waals surface area contributed by atoms with Crippen molar-refractivity contribution in [2.75, 3.05) is 0 Å². The van der Waals surface area contributed by atoms with Crippen molar-refractivity contribution >= 4 is 22.5 Å². The van der Waals surface area contributed by atoms with Gasteiger partial charge in [-0.05, 0) is 33.7 Å². The van der Waals surface area contributed by atoms with Crippen LogP contribution in [0.15, 0.2) is 109 Å². The summed E-state index contributed by atoms with van der Waals surface area (Å²) in [7, 11) is 0. The van der Waals surface area contributed by atoms with Crippen molar-refractivity contribution in [3.8, 4) is 0 Å². The van der Waals surface area contributed by atoms with Crippen molar-refractivity contribution in [3.05, 3.63) is 130 Å². The molecule has 1 aromatic heterocycles. The molecule has 0 aliphatic rings. The van der Waals surface area contributed by atoms with Gasteiger partial charge < -0.3 is 0 Å². The number of rotatable bonds is 4. The Morgan fingerprint density at radius 2 is 0.880 bits per heavy atom. The zero-order valence-electron chi connectivity index (χ0n) is 13.8. The van der Waals surface area contributed by atoms with Crippen molar-refractivity contribution in [2.24, 2.45) is 0 Å². The zero-order valence-corrected chi connectivity index (χ0v) is 14.6. The van der Waals surface area contributed by atoms with E-state index in [1.165, 1.54) is 32.7 Å². The van der Waals surface area contributed by atoms with Crippen LogP contribution in [0.2, 0.25) is 0 Å². The molecule has 0 aliphatic heterocycles. The van der Waals surface area contributed by atoms with Crippen LogP contribution >= 0.6 is 11.3 Å². The van der Waals surface area contributed by atoms with Crippen LogP contribution in [-0.2, 0) is 0 Å². The van der Waals surface area contributed by atoms with Crippen LogP contribution in [0.4, 0.5) is 0 Å². The van der Waals surface area contributed by atoms with Crippen molar-refractivity contribution in [1.29, 1.82) is 0 Å². The summed E-state index contributed by atoms with van der Waals surface area (Å²) in [5.41, 5.74) is 6.28. The van der Waals surface area contributed by atoms with Gasteiger partial charge in [-0.2, -0.15) is 0 Å². The molecule has 0 atom stereocenters. The lowest BCUT2D eigenvalue weighted by molar-refractivity contribution is 1.53. The number of hydrogen-bond donors (Lipinski definition) is 0. The summed E-state index contributed by atoms with van der Waals surface area (Å²) in [6.45, 7) is 0. The van der Waals surface area contributed by atoms with Crippen molar-refractivity contribution in [3.63, 3.8) is 0 Å². The average molecular weight is 338 g/mol. The molecule has 25 heavy (non-hydrogen) atoms. The Balaban J connectivity index is 2.08. The van der Waals surface area contributed by atoms with Gasteiger partial charge in [0.15, 0.2) is 0 Å². The summed E-state index contributed by atoms with van der Waals surface area (Å²) < 4.78 is 0. The molecule has 4 rings (SSSR count). The highest BCUT2D eigenvalue weighted by atomic mass is 32.1. The van der Waals surface area contributed by atoms with Crippen LogP contribution in [0.25, 0.3) is 11.1 Å². The van der Waals surface area contributed by atoms with Crippen molar-refractivity contribution in [2.45, 2.75) is 0 Å². The van der Waals surface area contributed by atoms with Gasteiger partial charge in [0.1, 0.15) is 0 Å². The summed E-state index contributed by atoms with van der Waals surface area (Å²) in [5.74, 6) is 0. The van der Waals surface area contributed by atoms with E-state index in [2.05, 4.69) is 109 Å². The normalized spacial score (nSPS) is 10.4. The second-order valence-electron chi connectivity index (χ2n) is 5.83. The van der Waals surface area contributed by atoms with Gasteiger partial charge in [-0.25, -0.2) is 0 Å². The first-order valence-corrected chi connectivity index (χ1v) is 9.26. The van der Waals surface area contributed by atoms with E-state index in [9.17, 15) is 0 Å². The molecular weight excluding hydrogens is 320 g/mol. The summed E-state index contributed by atoms with van der Waals surface area (Å²) in [6.07, 6.45) is 0. The SMILES string of the molecule is c1ccc(C(=C(c2ccccc2)c2cccs2)c2ccccc2)cc1. The van der Waals surface area contributed by atoms with E-state index in [0.29, 0.717) is 0 Å². The number of thiophene rings is 1. The number of benzene rings is 3. The van der Waals surface area contributed by atoms with Crippen LogP contribution in [0.1, 0.15) is 21.6 Å². The van der Waals surface area contributed by atoms with Crippen LogP contribution in [0.3, 0.4) is 0 Å². The molecule has 1 heteroatoms. The molecule has 3 aromatic carbocycles. The van der Waals surface area contributed by atoms with Crippen molar-refractivity contribution < 1.29 is 0 Å². The maximum absolute atomic E-state index is 2.21. The molecule has 0 spiro atoms. The summed E-state index contributed by atoms with van der Waals surface area (Å²) in [4.78, 5) is 1.29. The van der Waals surface area contributed by atoms with E-state index < -0.39 is 0 Å². The highest BCUT2D eigenvalue weighted by Gasteiger charge is 2.16. The zero-order chi connectivity index (χ0) is 16.9. The Kier molecular flexibility index (Phi) is 4.58. The summed E-state index contributed by atoms with van der Waals surface area (Å²) >= 11 is 1.79. The molecule has 120 valence electrons. The highest BCUT2D eigenvalue weighted by molar-refractivity contribution is 7.11. The molecule has 0 unspecified atom stereocenters. The van der Waals surface area contributed by atoms with Gasteiger partial charge in [-0.3, -0.25) is 0 Å². The quantitative estimate of drug-likeness (QED) is 0.361. The largest absolute Gasteiger partial charge is 0.144 e. The Labute approximate surface area is 152 Å². The van der Waals surface area contributed by atoms with E-state index in [4.69, 9.17) is 0 Å². The second-order valence-corrected chi connectivity index (χ2v) is 6.77. The Bertz CT molecular complexity index is 909. The molecule has 1 heterocycles. The Hall–Kier alpha value is -2.90. The van der Waals surface area contributed by atoms with E-state index in [-0.39, 0.29) is 0 Å². The summed E-state index contributed by atoms with van der Waals surface area (Å²) in [6, 6.07) is 36.3. The minimum atomic E-state index is 1.24. The molecule has 0 fully saturated rings. The highest BCUT2D eigenvalue weighted by Crippen LogP contribution is 2.38. The van der Waals surface area contributed by atoms with Gasteiger partial charge in [0.05, 0.1) is 0 Å². The number of hydrogen-bond acceptors (Lipinski definition) is 1. The third-order valence-corrected chi connectivity index (χ3v) is 5.09. The predicted molar refractivity (Wildman–Crippen MR) is 109 cm³/mol. The molecule has 0 amide bonds. The van der Waals surface area contributed by atoms with Gasteiger partial charge in [0, 0.05) is 10.5 Å². The molecule has 0 aliphatic carbocycles. The smallest absolute Gasteiger partial charge is 0.0355 e. The van der Waals surface area contributed by atoms with E-state index in [0.717, 1.165) is 0 Å². The Morgan fingerprint density at radius 1 is 0.440 bits per heavy atom. The van der Waals surface area contributed by atoms with E-state index >= 15 is 0 Å². The molecule has 0 N–H and O–H groups in total. The van der Waals surface area contributed by atoms with Crippen LogP contribution in [-0.4, -0.2) is 0 Å². The monoisotopic (exact) mass is 338 g/mol. The molecule has 0 nitrogen and oxygen atoms in total. The first kappa shape index (κ1) is 15.6. The molecule has 0 saturated carbocycles. The molecule has 0 bridgehead atoms. The lowest BCUT2D eigenvalue weighted by atomic mass is 9.89. The van der Waals surface area contributed by atoms with E-state index in [1.54, 1.807) is 11.3 Å². The second kappa shape index (κ2) is 7.33. The molecule has 0 saturated heterocycles.